The molecule has 0 rings (SSSR count). The first kappa shape index (κ1) is 139. The first-order chi connectivity index (χ1) is 69.5. The van der Waals surface area contributed by atoms with Crippen LogP contribution in [-0.4, -0.2) is 11.1 Å². The maximum absolute atomic E-state index is 15.3. The van der Waals surface area contributed by atoms with Crippen LogP contribution in [0.4, 0.5) is 0 Å². The number of rotatable bonds is 132. The van der Waals surface area contributed by atoms with Gasteiger partial charge in [-0.1, -0.05) is 837 Å². The van der Waals surface area contributed by atoms with Gasteiger partial charge in [0.2, 0.25) is 0 Å². The van der Waals surface area contributed by atoms with E-state index in [1.807, 2.05) is 0 Å². The molecule has 0 bridgehead atoms. The van der Waals surface area contributed by atoms with Gasteiger partial charge < -0.3 is 5.11 Å². The predicted molar refractivity (Wildman–Crippen MR) is 641 cm³/mol. The fourth-order valence-electron chi connectivity index (χ4n) is 25.1. The molecule has 0 spiro atoms. The predicted octanol–water partition coefficient (Wildman–Crippen LogP) is 52.9. The zero-order chi connectivity index (χ0) is 101. The smallest absolute Gasteiger partial charge is 0.310 e. The third-order valence-electron chi connectivity index (χ3n) is 35.1. The Kier molecular flexibility index (Phi) is 125. The van der Waals surface area contributed by atoms with Crippen molar-refractivity contribution in [1.82, 2.24) is 0 Å². The fourth-order valence-corrected chi connectivity index (χ4v) is 25.1. The Balaban J connectivity index is 6.07. The summed E-state index contributed by atoms with van der Waals surface area (Å²) < 4.78 is 0. The van der Waals surface area contributed by atoms with Gasteiger partial charge in [0.15, 0.2) is 0 Å². The van der Waals surface area contributed by atoms with Gasteiger partial charge in [0.05, 0.1) is 5.41 Å². The van der Waals surface area contributed by atoms with Crippen molar-refractivity contribution in [1.29, 1.82) is 0 Å². The van der Waals surface area contributed by atoms with Crippen molar-refractivity contribution in [3.05, 3.63) is 0 Å². The molecule has 840 valence electrons. The topological polar surface area (TPSA) is 37.3 Å². The second-order valence-corrected chi connectivity index (χ2v) is 48.8. The van der Waals surface area contributed by atoms with Crippen LogP contribution >= 0.6 is 0 Å². The molecule has 0 aliphatic rings. The standard InChI is InChI=1S/C138H276O2/c1-6-11-16-21-26-31-36-41-45-49-53-57-61-65-69-73-77-81-85-89-93-97-102-107-112-117-122-127-132-137(131-126-121-116-111-106-101-40-35-30-25-20-15-10-5,133-128-123-118-113-108-103-98-94-90-86-82-78-74-70-66-62-58-54-50-46-42-37-32-27-22-17-12-7-2)138(136(139)140,134-129-124-119-114-109-104-99-95-91-87-83-79-75-71-67-63-59-55-51-47-43-38-33-28-23-18-13-8-3)135-130-125-120-115-110-105-100-96-92-88-84-80-76-72-68-64-60-56-52-48-44-39-34-29-24-19-14-9-4/h6-135H2,1-5H3,(H,139,140). The molecular weight excluding hydrogens is 1690 g/mol. The molecule has 0 atom stereocenters. The molecule has 0 amide bonds. The fraction of sp³-hybridized carbons (Fsp3) is 0.993. The van der Waals surface area contributed by atoms with E-state index >= 15 is 4.79 Å². The van der Waals surface area contributed by atoms with Gasteiger partial charge in [0.25, 0.3) is 0 Å². The van der Waals surface area contributed by atoms with Gasteiger partial charge in [-0.3, -0.25) is 4.79 Å². The van der Waals surface area contributed by atoms with E-state index in [9.17, 15) is 5.11 Å². The van der Waals surface area contributed by atoms with E-state index in [0.29, 0.717) is 0 Å². The molecule has 0 unspecified atom stereocenters. The molecule has 0 aliphatic heterocycles. The highest BCUT2D eigenvalue weighted by atomic mass is 16.4. The molecule has 1 N–H and O–H groups in total. The molecule has 0 heterocycles. The first-order valence-electron chi connectivity index (χ1n) is 68.7. The number of carboxylic acid groups (broad SMARTS) is 1. The van der Waals surface area contributed by atoms with E-state index in [1.54, 1.807) is 0 Å². The maximum atomic E-state index is 15.3. The molecule has 2 nitrogen and oxygen atoms in total. The minimum Gasteiger partial charge on any atom is -0.481 e. The normalized spacial score (nSPS) is 12.1. The largest absolute Gasteiger partial charge is 0.481 e. The molecule has 0 radical (unpaired) electrons. The van der Waals surface area contributed by atoms with Crippen molar-refractivity contribution in [3.8, 4) is 0 Å². The molecule has 0 fully saturated rings. The van der Waals surface area contributed by atoms with Crippen LogP contribution in [0.15, 0.2) is 0 Å². The summed E-state index contributed by atoms with van der Waals surface area (Å²) in [6.07, 6.45) is 184. The zero-order valence-electron chi connectivity index (χ0n) is 99.3. The molecule has 0 aromatic rings. The number of hydrogen-bond donors (Lipinski definition) is 1. The van der Waals surface area contributed by atoms with E-state index in [-0.39, 0.29) is 11.4 Å². The van der Waals surface area contributed by atoms with E-state index in [4.69, 9.17) is 0 Å². The Morgan fingerprint density at radius 3 is 0.243 bits per heavy atom. The third kappa shape index (κ3) is 107. The Hall–Kier alpha value is -0.530. The molecule has 0 aliphatic carbocycles. The lowest BCUT2D eigenvalue weighted by Crippen LogP contribution is -2.48. The molecular formula is C138H276O2. The average molecular weight is 1970 g/mol. The molecule has 0 saturated heterocycles. The average Bonchev–Trinajstić information content (AvgIpc) is 0.755. The van der Waals surface area contributed by atoms with Gasteiger partial charge >= 0.3 is 5.97 Å². The second-order valence-electron chi connectivity index (χ2n) is 48.8. The molecule has 0 aromatic carbocycles. The van der Waals surface area contributed by atoms with Crippen LogP contribution in [0.25, 0.3) is 0 Å². The van der Waals surface area contributed by atoms with Crippen LogP contribution in [0.1, 0.15) is 869 Å². The van der Waals surface area contributed by atoms with Gasteiger partial charge in [-0.2, -0.15) is 0 Å². The van der Waals surface area contributed by atoms with Crippen LogP contribution < -0.4 is 0 Å². The van der Waals surface area contributed by atoms with Gasteiger partial charge in [0.1, 0.15) is 0 Å². The summed E-state index contributed by atoms with van der Waals surface area (Å²) in [6.45, 7) is 11.7. The lowest BCUT2D eigenvalue weighted by atomic mass is 9.53. The zero-order valence-corrected chi connectivity index (χ0v) is 99.3. The number of carbonyl (C=O) groups is 1. The van der Waals surface area contributed by atoms with E-state index in [1.165, 1.54) is 809 Å². The van der Waals surface area contributed by atoms with Crippen molar-refractivity contribution in [2.24, 2.45) is 10.8 Å². The number of carboxylic acids is 1. The lowest BCUT2D eigenvalue weighted by molar-refractivity contribution is -0.164. The summed E-state index contributed by atoms with van der Waals surface area (Å²) in [5.74, 6) is -0.359. The summed E-state index contributed by atoms with van der Waals surface area (Å²) in [7, 11) is 0. The Morgan fingerprint density at radius 2 is 0.171 bits per heavy atom. The second kappa shape index (κ2) is 125. The Morgan fingerprint density at radius 1 is 0.107 bits per heavy atom. The molecule has 140 heavy (non-hydrogen) atoms. The van der Waals surface area contributed by atoms with Crippen LogP contribution in [0, 0.1) is 10.8 Å². The molecule has 2 heteroatoms. The van der Waals surface area contributed by atoms with Crippen molar-refractivity contribution < 1.29 is 9.90 Å². The quantitative estimate of drug-likeness (QED) is 0.0616. The first-order valence-corrected chi connectivity index (χ1v) is 68.7. The summed E-state index contributed by atoms with van der Waals surface area (Å²) in [6, 6.07) is 0. The van der Waals surface area contributed by atoms with Crippen LogP contribution in [0.5, 0.6) is 0 Å². The van der Waals surface area contributed by atoms with Crippen molar-refractivity contribution in [2.45, 2.75) is 869 Å². The molecule has 0 aromatic heterocycles. The van der Waals surface area contributed by atoms with Crippen molar-refractivity contribution in [2.75, 3.05) is 0 Å². The van der Waals surface area contributed by atoms with Crippen molar-refractivity contribution in [3.63, 3.8) is 0 Å². The highest BCUT2D eigenvalue weighted by Crippen LogP contribution is 2.57. The summed E-state index contributed by atoms with van der Waals surface area (Å²) in [5.41, 5.74) is -0.689. The van der Waals surface area contributed by atoms with E-state index < -0.39 is 5.41 Å². The minimum absolute atomic E-state index is 0.0913. The van der Waals surface area contributed by atoms with Crippen LogP contribution in [0.2, 0.25) is 0 Å². The van der Waals surface area contributed by atoms with Gasteiger partial charge in [-0.15, -0.1) is 0 Å². The third-order valence-corrected chi connectivity index (χ3v) is 35.1. The van der Waals surface area contributed by atoms with Gasteiger partial charge in [-0.05, 0) is 37.5 Å². The summed E-state index contributed by atoms with van der Waals surface area (Å²) in [4.78, 5) is 15.3. The van der Waals surface area contributed by atoms with Crippen molar-refractivity contribution >= 4 is 5.97 Å². The Bertz CT molecular complexity index is 2020. The van der Waals surface area contributed by atoms with Crippen LogP contribution in [0.3, 0.4) is 0 Å². The van der Waals surface area contributed by atoms with E-state index in [2.05, 4.69) is 34.6 Å². The lowest BCUT2D eigenvalue weighted by Gasteiger charge is -2.50. The minimum atomic E-state index is -0.598. The highest BCUT2D eigenvalue weighted by molar-refractivity contribution is 5.76. The highest BCUT2D eigenvalue weighted by Gasteiger charge is 2.54. The van der Waals surface area contributed by atoms with Crippen LogP contribution in [-0.2, 0) is 4.79 Å². The monoisotopic (exact) mass is 1970 g/mol. The maximum Gasteiger partial charge on any atom is 0.310 e. The summed E-state index contributed by atoms with van der Waals surface area (Å²) in [5, 5.41) is 12.6. The number of unbranched alkanes of at least 4 members (excludes halogenated alkanes) is 120. The number of aliphatic carboxylic acids is 1. The summed E-state index contributed by atoms with van der Waals surface area (Å²) >= 11 is 0. The van der Waals surface area contributed by atoms with Gasteiger partial charge in [-0.25, -0.2) is 0 Å². The van der Waals surface area contributed by atoms with Gasteiger partial charge in [0, 0.05) is 0 Å². The molecule has 0 saturated carbocycles. The Labute approximate surface area is 890 Å². The number of hydrogen-bond acceptors (Lipinski definition) is 1. The van der Waals surface area contributed by atoms with E-state index in [0.717, 1.165) is 25.7 Å². The SMILES string of the molecule is CCCCCCCCCCCCCCCCCCCCCCCCCCCCCCC(CCCCCCCCCCCCCCC)(CCCCCCCCCCCCCCCCCCCCCCCCCCCCCC)C(CCCCCCCCCCCCCCCCCCCCCCCCCCCCCC)(CCCCCCCCCCCCCCCCCCCCCCCCCCCCCC)C(=O)O.